The molecule has 1 aliphatic carbocycles. The van der Waals surface area contributed by atoms with E-state index in [1.54, 1.807) is 0 Å². The Labute approximate surface area is 130 Å². The second-order valence-electron chi connectivity index (χ2n) is 6.56. The molecule has 1 unspecified atom stereocenters. The van der Waals surface area contributed by atoms with E-state index in [0.717, 1.165) is 12.8 Å². The fraction of sp³-hybridized carbons (Fsp3) is 0.600. The largest absolute Gasteiger partial charge is 0.395 e. The van der Waals surface area contributed by atoms with Crippen LogP contribution < -0.4 is 5.32 Å². The topological polar surface area (TPSA) is 69.6 Å². The van der Waals surface area contributed by atoms with Gasteiger partial charge in [-0.2, -0.15) is 4.31 Å². The summed E-state index contributed by atoms with van der Waals surface area (Å²) in [5, 5.41) is 12.3. The van der Waals surface area contributed by atoms with Crippen molar-refractivity contribution in [3.05, 3.63) is 30.1 Å². The summed E-state index contributed by atoms with van der Waals surface area (Å²) in [5.74, 6) is -0.701. The molecule has 2 aliphatic rings. The van der Waals surface area contributed by atoms with Crippen LogP contribution in [0.3, 0.4) is 0 Å². The van der Waals surface area contributed by atoms with Gasteiger partial charge in [0.1, 0.15) is 10.7 Å². The van der Waals surface area contributed by atoms with Crippen molar-refractivity contribution >= 4 is 10.0 Å². The van der Waals surface area contributed by atoms with Crippen molar-refractivity contribution in [2.75, 3.05) is 19.7 Å². The molecule has 1 aromatic carbocycles. The average Bonchev–Trinajstić information content (AvgIpc) is 2.39. The van der Waals surface area contributed by atoms with Crippen molar-refractivity contribution in [2.45, 2.75) is 36.7 Å². The first-order valence-corrected chi connectivity index (χ1v) is 8.92. The first-order chi connectivity index (χ1) is 10.4. The zero-order chi connectivity index (χ0) is 16.0. The number of nitrogens with zero attached hydrogens (tertiary/aromatic N) is 1. The lowest BCUT2D eigenvalue weighted by Crippen LogP contribution is -2.67. The highest BCUT2D eigenvalue weighted by Gasteiger charge is 2.55. The molecule has 22 heavy (non-hydrogen) atoms. The minimum atomic E-state index is -3.73. The second kappa shape index (κ2) is 5.56. The molecule has 0 bridgehead atoms. The van der Waals surface area contributed by atoms with Gasteiger partial charge in [0.2, 0.25) is 10.0 Å². The number of sulfonamides is 1. The summed E-state index contributed by atoms with van der Waals surface area (Å²) >= 11 is 0. The van der Waals surface area contributed by atoms with Crippen LogP contribution in [0, 0.1) is 11.2 Å². The number of nitrogens with one attached hydrogen (secondary N) is 1. The van der Waals surface area contributed by atoms with E-state index < -0.39 is 15.8 Å². The van der Waals surface area contributed by atoms with E-state index in [1.165, 1.54) is 28.6 Å². The minimum Gasteiger partial charge on any atom is -0.395 e. The SMILES string of the molecule is CC(CO)NC1CC2(C1)CN(S(=O)(=O)c1ccccc1F)C2. The van der Waals surface area contributed by atoms with Crippen LogP contribution >= 0.6 is 0 Å². The maximum atomic E-state index is 13.7. The van der Waals surface area contributed by atoms with Gasteiger partial charge in [-0.3, -0.25) is 0 Å². The van der Waals surface area contributed by atoms with Gasteiger partial charge in [-0.1, -0.05) is 12.1 Å². The summed E-state index contributed by atoms with van der Waals surface area (Å²) in [6, 6.07) is 5.88. The number of hydrogen-bond acceptors (Lipinski definition) is 4. The molecular weight excluding hydrogens is 307 g/mol. The molecular formula is C15H21FN2O3S. The van der Waals surface area contributed by atoms with Gasteiger partial charge in [0.15, 0.2) is 0 Å². The van der Waals surface area contributed by atoms with E-state index >= 15 is 0 Å². The zero-order valence-electron chi connectivity index (χ0n) is 12.5. The van der Waals surface area contributed by atoms with Gasteiger partial charge in [0.05, 0.1) is 6.61 Å². The maximum absolute atomic E-state index is 13.7. The van der Waals surface area contributed by atoms with Gasteiger partial charge in [-0.05, 0) is 31.9 Å². The predicted molar refractivity (Wildman–Crippen MR) is 80.3 cm³/mol. The quantitative estimate of drug-likeness (QED) is 0.844. The average molecular weight is 328 g/mol. The van der Waals surface area contributed by atoms with Gasteiger partial charge in [-0.15, -0.1) is 0 Å². The molecule has 1 aliphatic heterocycles. The molecule has 0 aromatic heterocycles. The zero-order valence-corrected chi connectivity index (χ0v) is 13.3. The number of aliphatic hydroxyl groups is 1. The molecule has 2 fully saturated rings. The molecule has 2 N–H and O–H groups in total. The van der Waals surface area contributed by atoms with Gasteiger partial charge in [0.25, 0.3) is 0 Å². The van der Waals surface area contributed by atoms with E-state index in [9.17, 15) is 12.8 Å². The molecule has 7 heteroatoms. The minimum absolute atomic E-state index is 0.0329. The fourth-order valence-corrected chi connectivity index (χ4v) is 5.21. The number of aliphatic hydroxyl groups excluding tert-OH is 1. The normalized spacial score (nSPS) is 23.0. The summed E-state index contributed by atoms with van der Waals surface area (Å²) in [5.41, 5.74) is 0.0329. The summed E-state index contributed by atoms with van der Waals surface area (Å²) in [7, 11) is -3.73. The molecule has 1 saturated carbocycles. The van der Waals surface area contributed by atoms with E-state index in [1.807, 2.05) is 6.92 Å². The second-order valence-corrected chi connectivity index (χ2v) is 8.47. The molecule has 0 radical (unpaired) electrons. The van der Waals surface area contributed by atoms with Crippen molar-refractivity contribution in [3.8, 4) is 0 Å². The smallest absolute Gasteiger partial charge is 0.246 e. The number of benzene rings is 1. The van der Waals surface area contributed by atoms with Crippen LogP contribution in [0.15, 0.2) is 29.2 Å². The molecule has 1 spiro atoms. The van der Waals surface area contributed by atoms with Crippen molar-refractivity contribution in [1.29, 1.82) is 0 Å². The first kappa shape index (κ1) is 15.9. The molecule has 1 aromatic rings. The molecule has 1 saturated heterocycles. The third kappa shape index (κ3) is 2.67. The highest BCUT2D eigenvalue weighted by molar-refractivity contribution is 7.89. The number of hydrogen-bond donors (Lipinski definition) is 2. The highest BCUT2D eigenvalue weighted by atomic mass is 32.2. The van der Waals surface area contributed by atoms with E-state index in [4.69, 9.17) is 5.11 Å². The third-order valence-electron chi connectivity index (χ3n) is 4.63. The Hall–Kier alpha value is -1.02. The lowest BCUT2D eigenvalue weighted by molar-refractivity contribution is -0.0378. The van der Waals surface area contributed by atoms with Crippen LogP contribution in [0.1, 0.15) is 19.8 Å². The monoisotopic (exact) mass is 328 g/mol. The Morgan fingerprint density at radius 2 is 2.05 bits per heavy atom. The summed E-state index contributed by atoms with van der Waals surface area (Å²) in [6.07, 6.45) is 1.81. The summed E-state index contributed by atoms with van der Waals surface area (Å²) < 4.78 is 39.9. The van der Waals surface area contributed by atoms with Crippen LogP contribution in [-0.4, -0.2) is 49.6 Å². The van der Waals surface area contributed by atoms with Crippen LogP contribution in [0.5, 0.6) is 0 Å². The molecule has 0 amide bonds. The van der Waals surface area contributed by atoms with Crippen molar-refractivity contribution < 1.29 is 17.9 Å². The first-order valence-electron chi connectivity index (χ1n) is 7.48. The van der Waals surface area contributed by atoms with E-state index in [0.29, 0.717) is 19.1 Å². The molecule has 5 nitrogen and oxygen atoms in total. The van der Waals surface area contributed by atoms with Gasteiger partial charge < -0.3 is 10.4 Å². The summed E-state index contributed by atoms with van der Waals surface area (Å²) in [6.45, 7) is 2.92. The van der Waals surface area contributed by atoms with Crippen LogP contribution in [0.2, 0.25) is 0 Å². The van der Waals surface area contributed by atoms with Gasteiger partial charge in [0, 0.05) is 30.6 Å². The maximum Gasteiger partial charge on any atom is 0.246 e. The Morgan fingerprint density at radius 1 is 1.41 bits per heavy atom. The molecule has 122 valence electrons. The molecule has 3 rings (SSSR count). The van der Waals surface area contributed by atoms with Crippen molar-refractivity contribution in [1.82, 2.24) is 9.62 Å². The van der Waals surface area contributed by atoms with Crippen LogP contribution in [0.4, 0.5) is 4.39 Å². The lowest BCUT2D eigenvalue weighted by atomic mass is 9.61. The standard InChI is InChI=1S/C15H21FN2O3S/c1-11(8-19)17-12-6-15(7-12)9-18(10-15)22(20,21)14-5-3-2-4-13(14)16/h2-5,11-12,17,19H,6-10H2,1H3. The molecule has 1 atom stereocenters. The number of halogens is 1. The van der Waals surface area contributed by atoms with Crippen LogP contribution in [-0.2, 0) is 10.0 Å². The van der Waals surface area contributed by atoms with Crippen LogP contribution in [0.25, 0.3) is 0 Å². The molecule has 1 heterocycles. The van der Waals surface area contributed by atoms with Crippen molar-refractivity contribution in [3.63, 3.8) is 0 Å². The van der Waals surface area contributed by atoms with E-state index in [-0.39, 0.29) is 23.0 Å². The Kier molecular flexibility index (Phi) is 4.01. The van der Waals surface area contributed by atoms with Crippen molar-refractivity contribution in [2.24, 2.45) is 5.41 Å². The lowest BCUT2D eigenvalue weighted by Gasteiger charge is -2.58. The highest BCUT2D eigenvalue weighted by Crippen LogP contribution is 2.50. The Morgan fingerprint density at radius 3 is 2.64 bits per heavy atom. The van der Waals surface area contributed by atoms with Gasteiger partial charge in [-0.25, -0.2) is 12.8 Å². The Balaban J connectivity index is 1.59. The summed E-state index contributed by atoms with van der Waals surface area (Å²) in [4.78, 5) is -0.243. The Bertz CT molecular complexity index is 651. The van der Waals surface area contributed by atoms with E-state index in [2.05, 4.69) is 5.32 Å². The fourth-order valence-electron chi connectivity index (χ4n) is 3.48. The predicted octanol–water partition coefficient (Wildman–Crippen LogP) is 0.949. The number of rotatable bonds is 5. The van der Waals surface area contributed by atoms with Gasteiger partial charge >= 0.3 is 0 Å². The third-order valence-corrected chi connectivity index (χ3v) is 6.46.